The summed E-state index contributed by atoms with van der Waals surface area (Å²) >= 11 is 0. The topological polar surface area (TPSA) is 70.7 Å². The Morgan fingerprint density at radius 2 is 1.74 bits per heavy atom. The van der Waals surface area contributed by atoms with E-state index in [0.717, 1.165) is 41.3 Å². The molecule has 1 aliphatic heterocycles. The van der Waals surface area contributed by atoms with E-state index < -0.39 is 12.1 Å². The number of nitrogens with zero attached hydrogens (tertiary/aromatic N) is 1. The molecule has 35 heavy (non-hydrogen) atoms. The van der Waals surface area contributed by atoms with Crippen LogP contribution in [0.25, 0.3) is 10.8 Å². The molecule has 6 nitrogen and oxygen atoms in total. The van der Waals surface area contributed by atoms with Crippen molar-refractivity contribution < 1.29 is 14.3 Å². The summed E-state index contributed by atoms with van der Waals surface area (Å²) in [5.41, 5.74) is 2.12. The van der Waals surface area contributed by atoms with Crippen LogP contribution in [0.15, 0.2) is 72.8 Å². The summed E-state index contributed by atoms with van der Waals surface area (Å²) in [5, 5.41) is 8.51. The Hall–Kier alpha value is -3.22. The molecule has 0 aromatic heterocycles. The molecular weight excluding hydrogens is 438 g/mol. The monoisotopic (exact) mass is 473 g/mol. The molecule has 2 N–H and O–H groups in total. The zero-order valence-corrected chi connectivity index (χ0v) is 20.6. The third-order valence-corrected chi connectivity index (χ3v) is 6.87. The molecule has 0 aliphatic carbocycles. The van der Waals surface area contributed by atoms with Gasteiger partial charge < -0.3 is 20.3 Å². The van der Waals surface area contributed by atoms with Crippen LogP contribution in [0.4, 0.5) is 0 Å². The van der Waals surface area contributed by atoms with Gasteiger partial charge in [0.1, 0.15) is 6.04 Å². The maximum atomic E-state index is 13.7. The molecule has 184 valence electrons. The number of hydrogen-bond donors (Lipinski definition) is 2. The quantitative estimate of drug-likeness (QED) is 0.474. The smallest absolute Gasteiger partial charge is 0.243 e. The van der Waals surface area contributed by atoms with Crippen LogP contribution in [0.5, 0.6) is 0 Å². The molecule has 3 unspecified atom stereocenters. The lowest BCUT2D eigenvalue weighted by atomic mass is 9.97. The van der Waals surface area contributed by atoms with Crippen LogP contribution in [0, 0.1) is 0 Å². The number of nitrogens with one attached hydrogen (secondary N) is 2. The molecule has 3 atom stereocenters. The number of rotatable bonds is 10. The Morgan fingerprint density at radius 3 is 2.49 bits per heavy atom. The summed E-state index contributed by atoms with van der Waals surface area (Å²) in [6.07, 6.45) is 3.01. The normalized spacial score (nSPS) is 17.1. The van der Waals surface area contributed by atoms with Crippen molar-refractivity contribution >= 4 is 22.6 Å². The highest BCUT2D eigenvalue weighted by Gasteiger charge is 2.31. The van der Waals surface area contributed by atoms with Crippen molar-refractivity contribution in [2.75, 3.05) is 27.2 Å². The average Bonchev–Trinajstić information content (AvgIpc) is 3.42. The summed E-state index contributed by atoms with van der Waals surface area (Å²) in [5.74, 6) is -0.256. The lowest BCUT2D eigenvalue weighted by molar-refractivity contribution is -0.140. The van der Waals surface area contributed by atoms with E-state index in [-0.39, 0.29) is 17.9 Å². The Morgan fingerprint density at radius 1 is 1.00 bits per heavy atom. The molecule has 3 aromatic carbocycles. The number of hydrogen-bond acceptors (Lipinski definition) is 4. The fourth-order valence-electron chi connectivity index (χ4n) is 4.78. The zero-order chi connectivity index (χ0) is 24.6. The molecule has 0 saturated carbocycles. The van der Waals surface area contributed by atoms with E-state index in [0.29, 0.717) is 19.4 Å². The predicted molar refractivity (Wildman–Crippen MR) is 139 cm³/mol. The fraction of sp³-hybridized carbons (Fsp3) is 0.379. The van der Waals surface area contributed by atoms with Gasteiger partial charge in [-0.3, -0.25) is 9.59 Å². The van der Waals surface area contributed by atoms with E-state index in [1.54, 1.807) is 19.0 Å². The van der Waals surface area contributed by atoms with Gasteiger partial charge in [-0.1, -0.05) is 72.8 Å². The van der Waals surface area contributed by atoms with Crippen molar-refractivity contribution in [3.05, 3.63) is 83.9 Å². The van der Waals surface area contributed by atoms with Crippen LogP contribution in [-0.2, 0) is 27.2 Å². The van der Waals surface area contributed by atoms with Gasteiger partial charge in [0.25, 0.3) is 0 Å². The molecule has 3 aromatic rings. The average molecular weight is 474 g/mol. The lowest BCUT2D eigenvalue weighted by Crippen LogP contribution is -2.55. The van der Waals surface area contributed by atoms with E-state index in [9.17, 15) is 9.59 Å². The third-order valence-electron chi connectivity index (χ3n) is 6.87. The van der Waals surface area contributed by atoms with Crippen LogP contribution in [0.1, 0.15) is 24.0 Å². The van der Waals surface area contributed by atoms with Crippen LogP contribution >= 0.6 is 0 Å². The Kier molecular flexibility index (Phi) is 8.50. The molecule has 1 fully saturated rings. The van der Waals surface area contributed by atoms with Gasteiger partial charge in [-0.15, -0.1) is 0 Å². The van der Waals surface area contributed by atoms with Gasteiger partial charge >= 0.3 is 0 Å². The van der Waals surface area contributed by atoms with Gasteiger partial charge in [0.15, 0.2) is 0 Å². The van der Waals surface area contributed by atoms with Gasteiger partial charge in [-0.25, -0.2) is 0 Å². The first-order valence-corrected chi connectivity index (χ1v) is 12.4. The SMILES string of the molecule is CNC(Cc1cccc2ccccc12)C(=O)N(C)C(Cc1ccccc1)C(=O)NCC1CCCO1. The van der Waals surface area contributed by atoms with Gasteiger partial charge in [0.2, 0.25) is 11.8 Å². The number of benzene rings is 3. The molecule has 0 radical (unpaired) electrons. The van der Waals surface area contributed by atoms with Gasteiger partial charge in [-0.05, 0) is 48.2 Å². The van der Waals surface area contributed by atoms with Crippen molar-refractivity contribution in [2.45, 2.75) is 43.9 Å². The summed E-state index contributed by atoms with van der Waals surface area (Å²) in [7, 11) is 3.53. The molecule has 1 saturated heterocycles. The molecule has 6 heteroatoms. The van der Waals surface area contributed by atoms with Crippen molar-refractivity contribution in [1.82, 2.24) is 15.5 Å². The Balaban J connectivity index is 1.51. The van der Waals surface area contributed by atoms with Gasteiger partial charge in [-0.2, -0.15) is 0 Å². The number of ether oxygens (including phenoxy) is 1. The number of carbonyl (C=O) groups excluding carboxylic acids is 2. The minimum absolute atomic E-state index is 0.0498. The minimum atomic E-state index is -0.616. The lowest BCUT2D eigenvalue weighted by Gasteiger charge is -2.31. The third kappa shape index (κ3) is 6.27. The summed E-state index contributed by atoms with van der Waals surface area (Å²) < 4.78 is 5.66. The molecular formula is C29H35N3O3. The van der Waals surface area contributed by atoms with Crippen molar-refractivity contribution in [1.29, 1.82) is 0 Å². The molecule has 0 bridgehead atoms. The highest BCUT2D eigenvalue weighted by atomic mass is 16.5. The number of likely N-dealkylation sites (N-methyl/N-ethyl adjacent to an activating group) is 2. The molecule has 1 heterocycles. The van der Waals surface area contributed by atoms with Gasteiger partial charge in [0.05, 0.1) is 12.1 Å². The number of carbonyl (C=O) groups is 2. The van der Waals surface area contributed by atoms with E-state index in [1.807, 2.05) is 48.5 Å². The fourth-order valence-corrected chi connectivity index (χ4v) is 4.78. The minimum Gasteiger partial charge on any atom is -0.376 e. The molecule has 2 amide bonds. The second kappa shape index (κ2) is 12.0. The molecule has 4 rings (SSSR count). The van der Waals surface area contributed by atoms with Gasteiger partial charge in [0, 0.05) is 26.6 Å². The second-order valence-corrected chi connectivity index (χ2v) is 9.22. The van der Waals surface area contributed by atoms with Crippen LogP contribution < -0.4 is 10.6 Å². The summed E-state index contributed by atoms with van der Waals surface area (Å²) in [4.78, 5) is 28.6. The van der Waals surface area contributed by atoms with Crippen LogP contribution in [-0.4, -0.2) is 62.1 Å². The Bertz CT molecular complexity index is 1120. The van der Waals surface area contributed by atoms with Crippen molar-refractivity contribution in [3.8, 4) is 0 Å². The molecule has 1 aliphatic rings. The van der Waals surface area contributed by atoms with Crippen molar-refractivity contribution in [3.63, 3.8) is 0 Å². The standard InChI is InChI=1S/C29H35N3O3/c1-30-26(19-23-14-8-13-22-12-6-7-16-25(22)23)29(34)32(2)27(18-21-10-4-3-5-11-21)28(33)31-20-24-15-9-17-35-24/h3-8,10-14,16,24,26-27,30H,9,15,17-20H2,1-2H3,(H,31,33). The van der Waals surface area contributed by atoms with E-state index >= 15 is 0 Å². The summed E-state index contributed by atoms with van der Waals surface area (Å²) in [6.45, 7) is 1.21. The number of amides is 2. The zero-order valence-electron chi connectivity index (χ0n) is 20.6. The van der Waals surface area contributed by atoms with E-state index in [2.05, 4.69) is 34.9 Å². The molecule has 0 spiro atoms. The first kappa shape index (κ1) is 24.9. The maximum absolute atomic E-state index is 13.7. The second-order valence-electron chi connectivity index (χ2n) is 9.22. The number of fused-ring (bicyclic) bond motifs is 1. The van der Waals surface area contributed by atoms with E-state index in [1.165, 1.54) is 0 Å². The first-order chi connectivity index (χ1) is 17.1. The highest BCUT2D eigenvalue weighted by Crippen LogP contribution is 2.21. The highest BCUT2D eigenvalue weighted by molar-refractivity contribution is 5.91. The van der Waals surface area contributed by atoms with Crippen LogP contribution in [0.2, 0.25) is 0 Å². The van der Waals surface area contributed by atoms with E-state index in [4.69, 9.17) is 4.74 Å². The largest absolute Gasteiger partial charge is 0.376 e. The first-order valence-electron chi connectivity index (χ1n) is 12.4. The van der Waals surface area contributed by atoms with Crippen LogP contribution in [0.3, 0.4) is 0 Å². The predicted octanol–water partition coefficient (Wildman–Crippen LogP) is 3.34. The van der Waals surface area contributed by atoms with Crippen molar-refractivity contribution in [2.24, 2.45) is 0 Å². The Labute approximate surface area is 207 Å². The summed E-state index contributed by atoms with van der Waals surface area (Å²) in [6, 6.07) is 23.1. The maximum Gasteiger partial charge on any atom is 0.243 e.